The summed E-state index contributed by atoms with van der Waals surface area (Å²) in [5, 5.41) is 17.0. The molecule has 0 saturated heterocycles. The quantitative estimate of drug-likeness (QED) is 0.301. The Balaban J connectivity index is 1.48. The summed E-state index contributed by atoms with van der Waals surface area (Å²) in [6, 6.07) is 12.1. The van der Waals surface area contributed by atoms with Crippen molar-refractivity contribution in [2.24, 2.45) is 7.05 Å². The molecule has 0 aliphatic rings. The number of anilines is 3. The van der Waals surface area contributed by atoms with Gasteiger partial charge in [0.15, 0.2) is 5.82 Å². The lowest BCUT2D eigenvalue weighted by Gasteiger charge is -2.13. The highest BCUT2D eigenvalue weighted by atomic mass is 32.1. The standard InChI is InChI=1S/C25H20F2N6O2S/c1-12-9-21(32-33(12)3)28-19-11-18(30-31-24(19)34)22-13(2)17(8-7-15(22)26)29-25(35)20-10-14-5-4-6-16(27)23(14)36-20/h4-11H,1-3H3,(H,29,35)(H,31,34)(H,28,30,32). The number of hydrogen-bond donors (Lipinski definition) is 3. The second-order valence-electron chi connectivity index (χ2n) is 8.23. The van der Waals surface area contributed by atoms with Crippen molar-refractivity contribution >= 4 is 44.5 Å². The largest absolute Gasteiger partial charge is 0.334 e. The number of amides is 1. The van der Waals surface area contributed by atoms with Crippen LogP contribution < -0.4 is 16.2 Å². The summed E-state index contributed by atoms with van der Waals surface area (Å²) >= 11 is 1.04. The molecule has 0 unspecified atom stereocenters. The molecule has 5 rings (SSSR count). The van der Waals surface area contributed by atoms with Crippen molar-refractivity contribution in [2.75, 3.05) is 10.6 Å². The predicted molar refractivity (Wildman–Crippen MR) is 136 cm³/mol. The van der Waals surface area contributed by atoms with Gasteiger partial charge in [-0.2, -0.15) is 10.2 Å². The maximum atomic E-state index is 15.0. The molecule has 182 valence electrons. The number of aryl methyl sites for hydroxylation is 2. The number of nitrogens with one attached hydrogen (secondary N) is 3. The number of benzene rings is 2. The molecule has 0 fully saturated rings. The monoisotopic (exact) mass is 506 g/mol. The number of H-pyrrole nitrogens is 1. The molecule has 5 aromatic rings. The van der Waals surface area contributed by atoms with E-state index >= 15 is 0 Å². The van der Waals surface area contributed by atoms with Crippen LogP contribution >= 0.6 is 11.3 Å². The molecule has 1 amide bonds. The topological polar surface area (TPSA) is 105 Å². The van der Waals surface area contributed by atoms with E-state index in [9.17, 15) is 18.4 Å². The normalized spacial score (nSPS) is 11.1. The molecule has 3 aromatic heterocycles. The minimum atomic E-state index is -0.575. The third-order valence-corrected chi connectivity index (χ3v) is 6.98. The van der Waals surface area contributed by atoms with E-state index in [4.69, 9.17) is 0 Å². The van der Waals surface area contributed by atoms with Gasteiger partial charge in [0.2, 0.25) is 0 Å². The smallest absolute Gasteiger partial charge is 0.287 e. The molecule has 0 bridgehead atoms. The van der Waals surface area contributed by atoms with Crippen molar-refractivity contribution in [3.8, 4) is 11.3 Å². The molecule has 11 heteroatoms. The van der Waals surface area contributed by atoms with E-state index in [1.807, 2.05) is 6.92 Å². The van der Waals surface area contributed by atoms with E-state index < -0.39 is 23.1 Å². The number of hydrogen-bond acceptors (Lipinski definition) is 6. The third kappa shape index (κ3) is 4.24. The Bertz CT molecular complexity index is 1690. The Morgan fingerprint density at radius 2 is 1.86 bits per heavy atom. The predicted octanol–water partition coefficient (Wildman–Crippen LogP) is 5.28. The number of carbonyl (C=O) groups excluding carboxylic acids is 1. The lowest BCUT2D eigenvalue weighted by atomic mass is 10.0. The van der Waals surface area contributed by atoms with Gasteiger partial charge in [0, 0.05) is 30.1 Å². The maximum absolute atomic E-state index is 15.0. The van der Waals surface area contributed by atoms with Gasteiger partial charge in [0.25, 0.3) is 11.5 Å². The van der Waals surface area contributed by atoms with Gasteiger partial charge < -0.3 is 10.6 Å². The molecular weight excluding hydrogens is 486 g/mol. The lowest BCUT2D eigenvalue weighted by Crippen LogP contribution is -2.15. The third-order valence-electron chi connectivity index (χ3n) is 5.82. The molecule has 2 aromatic carbocycles. The molecule has 36 heavy (non-hydrogen) atoms. The van der Waals surface area contributed by atoms with Crippen molar-refractivity contribution in [1.29, 1.82) is 0 Å². The zero-order chi connectivity index (χ0) is 25.6. The van der Waals surface area contributed by atoms with Crippen LogP contribution in [0.25, 0.3) is 21.3 Å². The van der Waals surface area contributed by atoms with Crippen LogP contribution in [0.5, 0.6) is 0 Å². The molecule has 0 spiro atoms. The average Bonchev–Trinajstić information content (AvgIpc) is 3.41. The van der Waals surface area contributed by atoms with Crippen molar-refractivity contribution in [1.82, 2.24) is 20.0 Å². The second kappa shape index (κ2) is 9.00. The number of rotatable bonds is 5. The fourth-order valence-corrected chi connectivity index (χ4v) is 4.80. The van der Waals surface area contributed by atoms with Crippen LogP contribution in [-0.4, -0.2) is 25.9 Å². The van der Waals surface area contributed by atoms with Crippen LogP contribution in [0.2, 0.25) is 0 Å². The number of aromatic amines is 1. The number of fused-ring (bicyclic) bond motifs is 1. The highest BCUT2D eigenvalue weighted by Crippen LogP contribution is 2.33. The number of nitrogens with zero attached hydrogens (tertiary/aromatic N) is 3. The molecule has 0 aliphatic carbocycles. The van der Waals surface area contributed by atoms with E-state index in [2.05, 4.69) is 25.9 Å². The van der Waals surface area contributed by atoms with Gasteiger partial charge in [-0.3, -0.25) is 14.3 Å². The summed E-state index contributed by atoms with van der Waals surface area (Å²) in [7, 11) is 1.77. The summed E-state index contributed by atoms with van der Waals surface area (Å²) in [6.45, 7) is 3.51. The molecule has 0 aliphatic heterocycles. The number of carbonyl (C=O) groups is 1. The van der Waals surface area contributed by atoms with Crippen LogP contribution in [0.15, 0.2) is 53.3 Å². The van der Waals surface area contributed by atoms with Gasteiger partial charge in [-0.05, 0) is 55.1 Å². The molecule has 0 saturated carbocycles. The first-order chi connectivity index (χ1) is 17.2. The molecule has 3 heterocycles. The fourth-order valence-electron chi connectivity index (χ4n) is 3.84. The van der Waals surface area contributed by atoms with E-state index in [0.717, 1.165) is 17.0 Å². The SMILES string of the molecule is Cc1c(NC(=O)c2cc3cccc(F)c3s2)ccc(F)c1-c1cc(Nc2cc(C)n(C)n2)c(=O)[nH]n1. The number of halogens is 2. The summed E-state index contributed by atoms with van der Waals surface area (Å²) in [5.41, 5.74) is 1.58. The molecule has 3 N–H and O–H groups in total. The minimum absolute atomic E-state index is 0.117. The second-order valence-corrected chi connectivity index (χ2v) is 9.29. The zero-order valence-corrected chi connectivity index (χ0v) is 20.3. The van der Waals surface area contributed by atoms with E-state index in [0.29, 0.717) is 32.0 Å². The number of thiophene rings is 1. The van der Waals surface area contributed by atoms with Gasteiger partial charge in [-0.15, -0.1) is 11.3 Å². The lowest BCUT2D eigenvalue weighted by molar-refractivity contribution is 0.103. The molecule has 8 nitrogen and oxygen atoms in total. The van der Waals surface area contributed by atoms with Gasteiger partial charge in [-0.25, -0.2) is 13.9 Å². The van der Waals surface area contributed by atoms with E-state index in [1.165, 1.54) is 24.3 Å². The number of aromatic nitrogens is 4. The van der Waals surface area contributed by atoms with Crippen molar-refractivity contribution in [3.05, 3.63) is 86.7 Å². The fraction of sp³-hybridized carbons (Fsp3) is 0.120. The Labute approximate surface area is 207 Å². The average molecular weight is 507 g/mol. The molecular formula is C25H20F2N6O2S. The van der Waals surface area contributed by atoms with Gasteiger partial charge >= 0.3 is 0 Å². The summed E-state index contributed by atoms with van der Waals surface area (Å²) in [4.78, 5) is 25.6. The Kier molecular flexibility index (Phi) is 5.84. The van der Waals surface area contributed by atoms with E-state index in [1.54, 1.807) is 42.9 Å². The van der Waals surface area contributed by atoms with Crippen molar-refractivity contribution in [3.63, 3.8) is 0 Å². The zero-order valence-electron chi connectivity index (χ0n) is 19.4. The van der Waals surface area contributed by atoms with Crippen LogP contribution in [0.1, 0.15) is 20.9 Å². The Morgan fingerprint density at radius 1 is 1.06 bits per heavy atom. The van der Waals surface area contributed by atoms with Gasteiger partial charge in [0.05, 0.1) is 15.3 Å². The van der Waals surface area contributed by atoms with E-state index in [-0.39, 0.29) is 16.9 Å². The van der Waals surface area contributed by atoms with Crippen LogP contribution in [0, 0.1) is 25.5 Å². The molecule has 0 radical (unpaired) electrons. The van der Waals surface area contributed by atoms with Crippen LogP contribution in [0.4, 0.5) is 26.0 Å². The van der Waals surface area contributed by atoms with Crippen LogP contribution in [0.3, 0.4) is 0 Å². The first-order valence-corrected chi connectivity index (χ1v) is 11.7. The van der Waals surface area contributed by atoms with Gasteiger partial charge in [0.1, 0.15) is 17.3 Å². The maximum Gasteiger partial charge on any atom is 0.287 e. The first-order valence-electron chi connectivity index (χ1n) is 10.9. The van der Waals surface area contributed by atoms with Crippen molar-refractivity contribution in [2.45, 2.75) is 13.8 Å². The summed E-state index contributed by atoms with van der Waals surface area (Å²) in [6.07, 6.45) is 0. The Hall–Kier alpha value is -4.38. The highest BCUT2D eigenvalue weighted by molar-refractivity contribution is 7.21. The van der Waals surface area contributed by atoms with Crippen LogP contribution in [-0.2, 0) is 7.05 Å². The summed E-state index contributed by atoms with van der Waals surface area (Å²) in [5.74, 6) is -0.964. The first kappa shape index (κ1) is 23.4. The molecule has 0 atom stereocenters. The van der Waals surface area contributed by atoms with Crippen molar-refractivity contribution < 1.29 is 13.6 Å². The minimum Gasteiger partial charge on any atom is -0.334 e. The van der Waals surface area contributed by atoms with Gasteiger partial charge in [-0.1, -0.05) is 12.1 Å². The Morgan fingerprint density at radius 3 is 2.58 bits per heavy atom. The highest BCUT2D eigenvalue weighted by Gasteiger charge is 2.19. The summed E-state index contributed by atoms with van der Waals surface area (Å²) < 4.78 is 31.0.